The molecule has 1 heterocycles. The Morgan fingerprint density at radius 2 is 0.398 bits per heavy atom. The number of β-amino-alcohol motifs (C(OH)–C–C–N with tert-alkyl or cyclic N) is 4. The standard InChI is InChI=1S/C92H172N4O12/c1-5-9-13-17-21-25-29-33-36-40-44-48-52-56-60-66-90(102)106-82-86(98)78-94-71-64-72-96(80-88(100)84-108-92(104)68-62-58-54-50-46-42-38-35-31-27-23-19-15-11-7-3)76-75-95(79-87(99)83-107-91(103)67-61-57-53-49-45-41-37-34-30-26-22-18-14-10-6-2)70-63-69-93(73-74-94)77-85(97)81-105-89(101)65-59-55-51-47-43-39-32-28-24-20-16-12-8-4/h33-39,43,85-88,97-100H,5-32,40-42,44-84H2,1-4H3/b36-33-,37-34-,38-35-,43-39-. The second kappa shape index (κ2) is 80.1. The molecule has 1 rings (SSSR count). The fourth-order valence-corrected chi connectivity index (χ4v) is 14.2. The molecule has 0 aliphatic carbocycles. The maximum absolute atomic E-state index is 13.0. The SMILES string of the molecule is CCCCCCCC/C=C\CCCCCCCC(=O)OCC(O)CN1CCCN(CC(O)COC(=O)CCCCCCC/C=C\CCCCCCCC)CCN(CC(O)COC(=O)CCCCCCC/C=C\CCCCCCCC)CCCN(CC(O)COC(=O)CCCCC/C=C\CCCCCCCC)CC1. The summed E-state index contributed by atoms with van der Waals surface area (Å²) in [4.78, 5) is 60.6. The van der Waals surface area contributed by atoms with E-state index in [4.69, 9.17) is 18.9 Å². The van der Waals surface area contributed by atoms with Crippen molar-refractivity contribution in [2.75, 3.05) is 105 Å². The minimum absolute atomic E-state index is 0.113. The summed E-state index contributed by atoms with van der Waals surface area (Å²) in [7, 11) is 0. The molecule has 0 spiro atoms. The average Bonchev–Trinajstić information content (AvgIpc) is 0.908. The normalized spacial score (nSPS) is 15.6. The highest BCUT2D eigenvalue weighted by atomic mass is 16.6. The number of carbonyl (C=O) groups excluding carboxylic acids is 4. The molecule has 0 aromatic carbocycles. The Morgan fingerprint density at radius 1 is 0.241 bits per heavy atom. The van der Waals surface area contributed by atoms with Crippen LogP contribution in [0.2, 0.25) is 0 Å². The second-order valence-electron chi connectivity index (χ2n) is 31.9. The third-order valence-electron chi connectivity index (χ3n) is 21.1. The van der Waals surface area contributed by atoms with Crippen molar-refractivity contribution in [3.63, 3.8) is 0 Å². The third-order valence-corrected chi connectivity index (χ3v) is 21.1. The van der Waals surface area contributed by atoms with Crippen LogP contribution in [0.5, 0.6) is 0 Å². The van der Waals surface area contributed by atoms with Gasteiger partial charge >= 0.3 is 23.9 Å². The molecule has 0 aromatic rings. The van der Waals surface area contributed by atoms with Gasteiger partial charge in [0.1, 0.15) is 50.8 Å². The molecule has 4 N–H and O–H groups in total. The van der Waals surface area contributed by atoms with Gasteiger partial charge in [0.25, 0.3) is 0 Å². The Hall–Kier alpha value is -3.48. The van der Waals surface area contributed by atoms with Crippen molar-refractivity contribution in [3.05, 3.63) is 48.6 Å². The lowest BCUT2D eigenvalue weighted by Crippen LogP contribution is -2.47. The van der Waals surface area contributed by atoms with Crippen LogP contribution in [-0.4, -0.2) is 193 Å². The number of allylic oxidation sites excluding steroid dienone is 8. The molecule has 0 saturated carbocycles. The second-order valence-corrected chi connectivity index (χ2v) is 31.9. The highest BCUT2D eigenvalue weighted by molar-refractivity contribution is 5.70. The van der Waals surface area contributed by atoms with Gasteiger partial charge in [0, 0.05) is 78.0 Å². The van der Waals surface area contributed by atoms with Gasteiger partial charge < -0.3 is 39.4 Å². The summed E-state index contributed by atoms with van der Waals surface area (Å²) in [5.41, 5.74) is 0. The van der Waals surface area contributed by atoms with Crippen molar-refractivity contribution in [3.8, 4) is 0 Å². The van der Waals surface area contributed by atoms with Crippen LogP contribution in [0, 0.1) is 0 Å². The summed E-state index contributed by atoms with van der Waals surface area (Å²) in [5, 5.41) is 46.0. The summed E-state index contributed by atoms with van der Waals surface area (Å²) in [6.07, 6.45) is 75.9. The van der Waals surface area contributed by atoms with E-state index in [1.807, 2.05) is 0 Å². The molecule has 1 aliphatic heterocycles. The summed E-state index contributed by atoms with van der Waals surface area (Å²) in [6.45, 7) is 14.0. The lowest BCUT2D eigenvalue weighted by molar-refractivity contribution is -0.148. The number of hydrogen-bond donors (Lipinski definition) is 4. The largest absolute Gasteiger partial charge is 0.463 e. The first kappa shape index (κ1) is 103. The zero-order chi connectivity index (χ0) is 78.3. The van der Waals surface area contributed by atoms with Gasteiger partial charge in [-0.25, -0.2) is 0 Å². The van der Waals surface area contributed by atoms with Crippen LogP contribution in [0.4, 0.5) is 0 Å². The van der Waals surface area contributed by atoms with Crippen LogP contribution >= 0.6 is 0 Å². The quantitative estimate of drug-likeness (QED) is 0.0194. The summed E-state index contributed by atoms with van der Waals surface area (Å²) < 4.78 is 22.7. The van der Waals surface area contributed by atoms with E-state index < -0.39 is 24.4 Å². The smallest absolute Gasteiger partial charge is 0.305 e. The van der Waals surface area contributed by atoms with E-state index in [0.717, 1.165) is 148 Å². The fourth-order valence-electron chi connectivity index (χ4n) is 14.2. The van der Waals surface area contributed by atoms with Crippen LogP contribution in [-0.2, 0) is 38.1 Å². The number of esters is 4. The number of nitrogens with zero attached hydrogens (tertiary/aromatic N) is 4. The van der Waals surface area contributed by atoms with Gasteiger partial charge in [-0.2, -0.15) is 0 Å². The van der Waals surface area contributed by atoms with Crippen LogP contribution in [0.15, 0.2) is 48.6 Å². The predicted molar refractivity (Wildman–Crippen MR) is 451 cm³/mol. The predicted octanol–water partition coefficient (Wildman–Crippen LogP) is 21.0. The first-order valence-electron chi connectivity index (χ1n) is 45.7. The van der Waals surface area contributed by atoms with Crippen molar-refractivity contribution in [2.24, 2.45) is 0 Å². The Morgan fingerprint density at radius 3 is 0.583 bits per heavy atom. The molecule has 0 radical (unpaired) electrons. The van der Waals surface area contributed by atoms with Gasteiger partial charge in [-0.3, -0.25) is 38.8 Å². The number of aliphatic hydroxyl groups is 4. The molecule has 16 heteroatoms. The van der Waals surface area contributed by atoms with Crippen LogP contribution in [0.25, 0.3) is 0 Å². The van der Waals surface area contributed by atoms with Crippen LogP contribution in [0.3, 0.4) is 0 Å². The molecule has 0 bridgehead atoms. The topological polar surface area (TPSA) is 199 Å². The molecule has 0 amide bonds. The minimum atomic E-state index is -0.935. The van der Waals surface area contributed by atoms with Gasteiger partial charge in [-0.05, 0) is 167 Å². The van der Waals surface area contributed by atoms with E-state index in [1.165, 1.54) is 173 Å². The number of ether oxygens (including phenoxy) is 4. The molecule has 1 saturated heterocycles. The number of rotatable bonds is 74. The van der Waals surface area contributed by atoms with Crippen LogP contribution in [0.1, 0.15) is 387 Å². The molecule has 4 atom stereocenters. The Balaban J connectivity index is 3.08. The first-order valence-corrected chi connectivity index (χ1v) is 45.7. The number of unbranched alkanes of at least 4 members (excludes halogenated alkanes) is 42. The van der Waals surface area contributed by atoms with E-state index >= 15 is 0 Å². The highest BCUT2D eigenvalue weighted by Gasteiger charge is 2.23. The van der Waals surface area contributed by atoms with Gasteiger partial charge in [0.15, 0.2) is 0 Å². The molecular formula is C92H172N4O12. The van der Waals surface area contributed by atoms with Gasteiger partial charge in [-0.1, -0.05) is 269 Å². The zero-order valence-electron chi connectivity index (χ0n) is 70.7. The van der Waals surface area contributed by atoms with Crippen molar-refractivity contribution >= 4 is 23.9 Å². The van der Waals surface area contributed by atoms with Gasteiger partial charge in [-0.15, -0.1) is 0 Å². The van der Waals surface area contributed by atoms with E-state index in [-0.39, 0.29) is 76.5 Å². The maximum atomic E-state index is 13.0. The lowest BCUT2D eigenvalue weighted by atomic mass is 10.1. The molecule has 16 nitrogen and oxygen atoms in total. The molecule has 4 unspecified atom stereocenters. The zero-order valence-corrected chi connectivity index (χ0v) is 70.7. The molecule has 108 heavy (non-hydrogen) atoms. The third kappa shape index (κ3) is 72.7. The van der Waals surface area contributed by atoms with Crippen molar-refractivity contribution < 1.29 is 58.6 Å². The number of aliphatic hydroxyl groups excluding tert-OH is 4. The molecule has 1 fully saturated rings. The molecule has 0 aromatic heterocycles. The summed E-state index contributed by atoms with van der Waals surface area (Å²) in [6, 6.07) is 0. The number of hydrogen-bond acceptors (Lipinski definition) is 16. The molecular weight excluding hydrogens is 1350 g/mol. The number of carbonyl (C=O) groups is 4. The van der Waals surface area contributed by atoms with E-state index in [0.29, 0.717) is 90.9 Å². The maximum Gasteiger partial charge on any atom is 0.305 e. The average molecular weight is 1530 g/mol. The Kier molecular flexibility index (Phi) is 76.1. The first-order chi connectivity index (χ1) is 52.9. The molecule has 632 valence electrons. The highest BCUT2D eigenvalue weighted by Crippen LogP contribution is 2.18. The summed E-state index contributed by atoms with van der Waals surface area (Å²) >= 11 is 0. The van der Waals surface area contributed by atoms with E-state index in [2.05, 4.69) is 95.9 Å². The van der Waals surface area contributed by atoms with Gasteiger partial charge in [0.05, 0.1) is 0 Å². The minimum Gasteiger partial charge on any atom is -0.463 e. The molecule has 1 aliphatic rings. The van der Waals surface area contributed by atoms with E-state index in [9.17, 15) is 39.6 Å². The van der Waals surface area contributed by atoms with Crippen molar-refractivity contribution in [1.82, 2.24) is 19.6 Å². The lowest BCUT2D eigenvalue weighted by Gasteiger charge is -2.34. The Bertz CT molecular complexity index is 2110. The monoisotopic (exact) mass is 1530 g/mol. The van der Waals surface area contributed by atoms with E-state index in [1.54, 1.807) is 0 Å². The van der Waals surface area contributed by atoms with Crippen molar-refractivity contribution in [2.45, 2.75) is 412 Å². The Labute approximate surface area is 664 Å². The van der Waals surface area contributed by atoms with Crippen molar-refractivity contribution in [1.29, 1.82) is 0 Å². The van der Waals surface area contributed by atoms with Gasteiger partial charge in [0.2, 0.25) is 0 Å². The van der Waals surface area contributed by atoms with Crippen LogP contribution < -0.4 is 0 Å². The fraction of sp³-hybridized carbons (Fsp3) is 0.870. The summed E-state index contributed by atoms with van der Waals surface area (Å²) in [5.74, 6) is -1.21.